The Labute approximate surface area is 141 Å². The quantitative estimate of drug-likeness (QED) is 0.762. The molecule has 2 aromatic rings. The van der Waals surface area contributed by atoms with Gasteiger partial charge in [0.2, 0.25) is 0 Å². The van der Waals surface area contributed by atoms with Gasteiger partial charge in [0.25, 0.3) is 0 Å². The molecule has 0 atom stereocenters. The number of pyridine rings is 1. The first-order valence-electron chi connectivity index (χ1n) is 7.81. The van der Waals surface area contributed by atoms with Gasteiger partial charge in [-0.3, -0.25) is 4.57 Å². The van der Waals surface area contributed by atoms with Gasteiger partial charge in [0.1, 0.15) is 11.2 Å². The van der Waals surface area contributed by atoms with Gasteiger partial charge in [-0.05, 0) is 46.8 Å². The SMILES string of the molecule is CCOP(=O)(OCC)c1cn(C(=O)OC(C)(C)C)c2ncccc12. The molecule has 0 bridgehead atoms. The van der Waals surface area contributed by atoms with E-state index in [1.807, 2.05) is 0 Å². The van der Waals surface area contributed by atoms with Crippen LogP contribution in [0.25, 0.3) is 11.0 Å². The number of hydrogen-bond acceptors (Lipinski definition) is 6. The fraction of sp³-hybridized carbons (Fsp3) is 0.500. The Morgan fingerprint density at radius 2 is 1.88 bits per heavy atom. The number of carbonyl (C=O) groups excluding carboxylic acids is 1. The molecule has 0 radical (unpaired) electrons. The van der Waals surface area contributed by atoms with Crippen LogP contribution in [0.1, 0.15) is 34.6 Å². The van der Waals surface area contributed by atoms with E-state index in [0.29, 0.717) is 16.3 Å². The van der Waals surface area contributed by atoms with Crippen molar-refractivity contribution in [3.8, 4) is 0 Å². The first-order valence-corrected chi connectivity index (χ1v) is 9.35. The van der Waals surface area contributed by atoms with Gasteiger partial charge in [0.05, 0.1) is 18.5 Å². The first kappa shape index (κ1) is 18.6. The van der Waals surface area contributed by atoms with E-state index >= 15 is 0 Å². The van der Waals surface area contributed by atoms with Crippen molar-refractivity contribution in [2.75, 3.05) is 13.2 Å². The molecule has 2 heterocycles. The Hall–Kier alpha value is -1.69. The molecule has 132 valence electrons. The number of aromatic nitrogens is 2. The standard InChI is InChI=1S/C16H23N2O5P/c1-6-21-24(20,22-7-2)13-11-18(15(19)23-16(3,4)5)14-12(13)9-8-10-17-14/h8-11H,6-7H2,1-5H3. The predicted octanol–water partition coefficient (Wildman–Crippen LogP) is 3.71. The van der Waals surface area contributed by atoms with Crippen LogP contribution in [0.3, 0.4) is 0 Å². The van der Waals surface area contributed by atoms with Crippen LogP contribution in [0.5, 0.6) is 0 Å². The molecule has 0 aromatic carbocycles. The van der Waals surface area contributed by atoms with Crippen LogP contribution >= 0.6 is 7.60 Å². The van der Waals surface area contributed by atoms with Gasteiger partial charge < -0.3 is 13.8 Å². The molecule has 8 heteroatoms. The molecule has 7 nitrogen and oxygen atoms in total. The fourth-order valence-corrected chi connectivity index (χ4v) is 3.99. The summed E-state index contributed by atoms with van der Waals surface area (Å²) in [4.78, 5) is 16.7. The average molecular weight is 354 g/mol. The molecule has 0 saturated carbocycles. The van der Waals surface area contributed by atoms with E-state index in [-0.39, 0.29) is 13.2 Å². The number of fused-ring (bicyclic) bond motifs is 1. The molecular formula is C16H23N2O5P. The maximum atomic E-state index is 13.1. The Kier molecular flexibility index (Phi) is 5.48. The Balaban J connectivity index is 2.61. The van der Waals surface area contributed by atoms with Crippen molar-refractivity contribution in [2.24, 2.45) is 0 Å². The zero-order valence-electron chi connectivity index (χ0n) is 14.6. The first-order chi connectivity index (χ1) is 11.2. The maximum Gasteiger partial charge on any atom is 0.420 e. The van der Waals surface area contributed by atoms with Crippen LogP contribution in [0.2, 0.25) is 0 Å². The van der Waals surface area contributed by atoms with Crippen molar-refractivity contribution in [2.45, 2.75) is 40.2 Å². The topological polar surface area (TPSA) is 79.7 Å². The zero-order chi connectivity index (χ0) is 18.0. The maximum absolute atomic E-state index is 13.1. The lowest BCUT2D eigenvalue weighted by atomic mass is 10.2. The average Bonchev–Trinajstić information content (AvgIpc) is 2.86. The predicted molar refractivity (Wildman–Crippen MR) is 91.9 cm³/mol. The summed E-state index contributed by atoms with van der Waals surface area (Å²) in [6.45, 7) is 9.23. The summed E-state index contributed by atoms with van der Waals surface area (Å²) in [5.41, 5.74) is -0.312. The van der Waals surface area contributed by atoms with Gasteiger partial charge in [-0.25, -0.2) is 14.3 Å². The monoisotopic (exact) mass is 354 g/mol. The van der Waals surface area contributed by atoms with E-state index in [9.17, 15) is 9.36 Å². The molecule has 0 amide bonds. The van der Waals surface area contributed by atoms with Crippen LogP contribution in [0, 0.1) is 0 Å². The van der Waals surface area contributed by atoms with E-state index < -0.39 is 19.3 Å². The van der Waals surface area contributed by atoms with Crippen molar-refractivity contribution >= 4 is 30.0 Å². The van der Waals surface area contributed by atoms with Gasteiger partial charge in [0, 0.05) is 17.8 Å². The van der Waals surface area contributed by atoms with E-state index in [0.717, 1.165) is 0 Å². The second-order valence-electron chi connectivity index (χ2n) is 6.07. The van der Waals surface area contributed by atoms with Crippen molar-refractivity contribution in [3.05, 3.63) is 24.5 Å². The number of ether oxygens (including phenoxy) is 1. The molecule has 24 heavy (non-hydrogen) atoms. The summed E-state index contributed by atoms with van der Waals surface area (Å²) in [6, 6.07) is 3.43. The minimum absolute atomic E-state index is 0.219. The molecule has 0 aliphatic carbocycles. The fourth-order valence-electron chi connectivity index (χ4n) is 2.23. The van der Waals surface area contributed by atoms with Crippen molar-refractivity contribution in [1.82, 2.24) is 9.55 Å². The van der Waals surface area contributed by atoms with Crippen molar-refractivity contribution in [1.29, 1.82) is 0 Å². The highest BCUT2D eigenvalue weighted by atomic mass is 31.2. The summed E-state index contributed by atoms with van der Waals surface area (Å²) in [5, 5.41) is 0.841. The number of carbonyl (C=O) groups is 1. The van der Waals surface area contributed by atoms with Crippen LogP contribution in [0.4, 0.5) is 4.79 Å². The molecule has 0 N–H and O–H groups in total. The summed E-state index contributed by atoms with van der Waals surface area (Å²) in [6.07, 6.45) is 2.38. The van der Waals surface area contributed by atoms with Gasteiger partial charge in [-0.1, -0.05) is 0 Å². The molecule has 0 aliphatic rings. The summed E-state index contributed by atoms with van der Waals surface area (Å²) in [5.74, 6) is 0. The van der Waals surface area contributed by atoms with Crippen LogP contribution in [-0.2, 0) is 18.3 Å². The second kappa shape index (κ2) is 7.05. The summed E-state index contributed by atoms with van der Waals surface area (Å²) in [7, 11) is -3.56. The molecule has 0 fully saturated rings. The minimum atomic E-state index is -3.56. The van der Waals surface area contributed by atoms with Gasteiger partial charge in [0.15, 0.2) is 0 Å². The Bertz CT molecular complexity index is 768. The molecular weight excluding hydrogens is 331 g/mol. The molecule has 0 aliphatic heterocycles. The highest BCUT2D eigenvalue weighted by Gasteiger charge is 2.33. The van der Waals surface area contributed by atoms with Gasteiger partial charge >= 0.3 is 13.7 Å². The van der Waals surface area contributed by atoms with E-state index in [1.165, 1.54) is 10.8 Å². The highest BCUT2D eigenvalue weighted by Crippen LogP contribution is 2.48. The third-order valence-corrected chi connectivity index (χ3v) is 5.17. The largest absolute Gasteiger partial charge is 0.443 e. The molecule has 2 aromatic heterocycles. The molecule has 2 rings (SSSR count). The van der Waals surface area contributed by atoms with Crippen LogP contribution < -0.4 is 5.30 Å². The van der Waals surface area contributed by atoms with Crippen LogP contribution in [0.15, 0.2) is 24.5 Å². The second-order valence-corrected chi connectivity index (χ2v) is 8.07. The zero-order valence-corrected chi connectivity index (χ0v) is 15.5. The van der Waals surface area contributed by atoms with Crippen LogP contribution in [-0.4, -0.2) is 34.5 Å². The lowest BCUT2D eigenvalue weighted by Crippen LogP contribution is -2.27. The van der Waals surface area contributed by atoms with Crippen molar-refractivity contribution < 1.29 is 23.1 Å². The number of rotatable bonds is 5. The minimum Gasteiger partial charge on any atom is -0.443 e. The van der Waals surface area contributed by atoms with Crippen molar-refractivity contribution in [3.63, 3.8) is 0 Å². The lowest BCUT2D eigenvalue weighted by molar-refractivity contribution is 0.0544. The number of nitrogens with zero attached hydrogens (tertiary/aromatic N) is 2. The summed E-state index contributed by atoms with van der Waals surface area (Å²) < 4.78 is 30.5. The highest BCUT2D eigenvalue weighted by molar-refractivity contribution is 7.62. The van der Waals surface area contributed by atoms with Gasteiger partial charge in [-0.15, -0.1) is 0 Å². The smallest absolute Gasteiger partial charge is 0.420 e. The lowest BCUT2D eigenvalue weighted by Gasteiger charge is -2.19. The molecule has 0 unspecified atom stereocenters. The number of hydrogen-bond donors (Lipinski definition) is 0. The Morgan fingerprint density at radius 1 is 1.25 bits per heavy atom. The normalized spacial score (nSPS) is 12.5. The third-order valence-electron chi connectivity index (χ3n) is 3.03. The van der Waals surface area contributed by atoms with Gasteiger partial charge in [-0.2, -0.15) is 0 Å². The van der Waals surface area contributed by atoms with E-state index in [4.69, 9.17) is 13.8 Å². The van der Waals surface area contributed by atoms with E-state index in [2.05, 4.69) is 4.98 Å². The third kappa shape index (κ3) is 3.86. The molecule has 0 spiro atoms. The molecule has 0 saturated heterocycles. The summed E-state index contributed by atoms with van der Waals surface area (Å²) >= 11 is 0. The Morgan fingerprint density at radius 3 is 2.42 bits per heavy atom. The van der Waals surface area contributed by atoms with E-state index in [1.54, 1.807) is 52.9 Å².